The normalized spacial score (nSPS) is 10.2. The summed E-state index contributed by atoms with van der Waals surface area (Å²) in [5.41, 5.74) is 4.18. The van der Waals surface area contributed by atoms with Crippen molar-refractivity contribution < 1.29 is 4.79 Å². The number of hydrogen-bond donors (Lipinski definition) is 2. The number of nitrogens with one attached hydrogen (secondary N) is 2. The molecular weight excluding hydrogens is 280 g/mol. The van der Waals surface area contributed by atoms with Crippen molar-refractivity contribution in [3.63, 3.8) is 0 Å². The Morgan fingerprint density at radius 2 is 1.71 bits per heavy atom. The van der Waals surface area contributed by atoms with Crippen LogP contribution in [0.5, 0.6) is 0 Å². The van der Waals surface area contributed by atoms with Gasteiger partial charge in [-0.25, -0.2) is 0 Å². The molecule has 0 bridgehead atoms. The first-order chi connectivity index (χ1) is 10.1. The molecule has 21 heavy (non-hydrogen) atoms. The van der Waals surface area contributed by atoms with Gasteiger partial charge in [-0.1, -0.05) is 30.3 Å². The largest absolute Gasteiger partial charge is 0.376 e. The van der Waals surface area contributed by atoms with Crippen LogP contribution < -0.4 is 10.6 Å². The van der Waals surface area contributed by atoms with Gasteiger partial charge in [0, 0.05) is 10.6 Å². The SMILES string of the molecule is CSc1ccccc1NC(=O)CNc1c(C)cccc1C. The van der Waals surface area contributed by atoms with Gasteiger partial charge in [0.2, 0.25) is 5.91 Å². The Bertz CT molecular complexity index is 620. The van der Waals surface area contributed by atoms with Gasteiger partial charge in [-0.3, -0.25) is 4.79 Å². The molecule has 0 fully saturated rings. The Labute approximate surface area is 130 Å². The quantitative estimate of drug-likeness (QED) is 0.818. The number of thioether (sulfide) groups is 1. The first kappa shape index (κ1) is 15.4. The van der Waals surface area contributed by atoms with Crippen LogP contribution in [0.1, 0.15) is 11.1 Å². The zero-order valence-corrected chi connectivity index (χ0v) is 13.4. The van der Waals surface area contributed by atoms with Crippen LogP contribution >= 0.6 is 11.8 Å². The van der Waals surface area contributed by atoms with Gasteiger partial charge in [0.15, 0.2) is 0 Å². The summed E-state index contributed by atoms with van der Waals surface area (Å²) in [6, 6.07) is 13.9. The average Bonchev–Trinajstić information content (AvgIpc) is 2.47. The lowest BCUT2D eigenvalue weighted by Gasteiger charge is -2.13. The first-order valence-electron chi connectivity index (χ1n) is 6.84. The Balaban J connectivity index is 1.99. The van der Waals surface area contributed by atoms with E-state index in [1.54, 1.807) is 11.8 Å². The first-order valence-corrected chi connectivity index (χ1v) is 8.07. The van der Waals surface area contributed by atoms with Gasteiger partial charge in [-0.15, -0.1) is 11.8 Å². The number of benzene rings is 2. The maximum Gasteiger partial charge on any atom is 0.243 e. The maximum atomic E-state index is 12.1. The third kappa shape index (κ3) is 4.02. The number of carbonyl (C=O) groups is 1. The molecule has 0 saturated carbocycles. The minimum absolute atomic E-state index is 0.0425. The fraction of sp³-hybridized carbons (Fsp3) is 0.235. The number of hydrogen-bond acceptors (Lipinski definition) is 3. The lowest BCUT2D eigenvalue weighted by atomic mass is 10.1. The number of carbonyl (C=O) groups excluding carboxylic acids is 1. The minimum Gasteiger partial charge on any atom is -0.376 e. The lowest BCUT2D eigenvalue weighted by molar-refractivity contribution is -0.114. The summed E-state index contributed by atoms with van der Waals surface area (Å²) >= 11 is 1.62. The molecule has 2 aromatic rings. The van der Waals surface area contributed by atoms with Crippen molar-refractivity contribution in [3.8, 4) is 0 Å². The van der Waals surface area contributed by atoms with Gasteiger partial charge in [0.05, 0.1) is 12.2 Å². The van der Waals surface area contributed by atoms with Crippen LogP contribution in [0.25, 0.3) is 0 Å². The van der Waals surface area contributed by atoms with E-state index in [0.29, 0.717) is 0 Å². The summed E-state index contributed by atoms with van der Waals surface area (Å²) in [5.74, 6) is -0.0425. The number of amides is 1. The molecule has 4 heteroatoms. The van der Waals surface area contributed by atoms with Gasteiger partial charge in [-0.2, -0.15) is 0 Å². The number of para-hydroxylation sites is 2. The van der Waals surface area contributed by atoms with E-state index >= 15 is 0 Å². The molecule has 3 nitrogen and oxygen atoms in total. The second-order valence-corrected chi connectivity index (χ2v) is 5.72. The lowest BCUT2D eigenvalue weighted by Crippen LogP contribution is -2.22. The Morgan fingerprint density at radius 1 is 1.05 bits per heavy atom. The summed E-state index contributed by atoms with van der Waals surface area (Å²) < 4.78 is 0. The summed E-state index contributed by atoms with van der Waals surface area (Å²) in [6.45, 7) is 4.33. The molecule has 0 aliphatic carbocycles. The van der Waals surface area contributed by atoms with Crippen LogP contribution in [0.4, 0.5) is 11.4 Å². The van der Waals surface area contributed by atoms with Gasteiger partial charge in [-0.05, 0) is 43.4 Å². The van der Waals surface area contributed by atoms with E-state index in [2.05, 4.69) is 10.6 Å². The van der Waals surface area contributed by atoms with Gasteiger partial charge >= 0.3 is 0 Å². The van der Waals surface area contributed by atoms with Crippen LogP contribution in [-0.2, 0) is 4.79 Å². The summed E-state index contributed by atoms with van der Waals surface area (Å²) in [6.07, 6.45) is 2.00. The average molecular weight is 300 g/mol. The minimum atomic E-state index is -0.0425. The predicted octanol–water partition coefficient (Wildman–Crippen LogP) is 4.08. The van der Waals surface area contributed by atoms with Gasteiger partial charge < -0.3 is 10.6 Å². The molecule has 0 aliphatic rings. The van der Waals surface area contributed by atoms with E-state index < -0.39 is 0 Å². The Morgan fingerprint density at radius 3 is 2.38 bits per heavy atom. The zero-order chi connectivity index (χ0) is 15.2. The van der Waals surface area contributed by atoms with Gasteiger partial charge in [0.25, 0.3) is 0 Å². The topological polar surface area (TPSA) is 41.1 Å². The number of anilines is 2. The highest BCUT2D eigenvalue weighted by atomic mass is 32.2. The van der Waals surface area contributed by atoms with Crippen LogP contribution in [0, 0.1) is 13.8 Å². The molecule has 110 valence electrons. The molecule has 0 radical (unpaired) electrons. The highest BCUT2D eigenvalue weighted by molar-refractivity contribution is 7.98. The Kier molecular flexibility index (Phi) is 5.28. The standard InChI is InChI=1S/C17H20N2OS/c1-12-7-6-8-13(2)17(12)18-11-16(20)19-14-9-4-5-10-15(14)21-3/h4-10,18H,11H2,1-3H3,(H,19,20). The molecule has 0 saturated heterocycles. The van der Waals surface area contributed by atoms with Crippen LogP contribution in [0.3, 0.4) is 0 Å². The van der Waals surface area contributed by atoms with Crippen LogP contribution in [0.2, 0.25) is 0 Å². The molecular formula is C17H20N2OS. The number of rotatable bonds is 5. The third-order valence-electron chi connectivity index (χ3n) is 3.29. The molecule has 0 aromatic heterocycles. The van der Waals surface area contributed by atoms with Gasteiger partial charge in [0.1, 0.15) is 0 Å². The van der Waals surface area contributed by atoms with Crippen LogP contribution in [0.15, 0.2) is 47.4 Å². The second kappa shape index (κ2) is 7.18. The van der Waals surface area contributed by atoms with Crippen LogP contribution in [-0.4, -0.2) is 18.7 Å². The van der Waals surface area contributed by atoms with E-state index in [9.17, 15) is 4.79 Å². The molecule has 0 atom stereocenters. The molecule has 2 rings (SSSR count). The van der Waals surface area contributed by atoms with Crippen molar-refractivity contribution in [2.45, 2.75) is 18.7 Å². The van der Waals surface area contributed by atoms with E-state index in [1.165, 1.54) is 0 Å². The van der Waals surface area contributed by atoms with Crippen molar-refractivity contribution in [3.05, 3.63) is 53.6 Å². The van der Waals surface area contributed by atoms with Crippen molar-refractivity contribution in [2.75, 3.05) is 23.4 Å². The summed E-state index contributed by atoms with van der Waals surface area (Å²) in [4.78, 5) is 13.2. The zero-order valence-electron chi connectivity index (χ0n) is 12.6. The highest BCUT2D eigenvalue weighted by Gasteiger charge is 2.07. The fourth-order valence-electron chi connectivity index (χ4n) is 2.20. The third-order valence-corrected chi connectivity index (χ3v) is 4.08. The summed E-state index contributed by atoms with van der Waals surface area (Å²) in [7, 11) is 0. The monoisotopic (exact) mass is 300 g/mol. The molecule has 0 heterocycles. The summed E-state index contributed by atoms with van der Waals surface area (Å²) in [5, 5.41) is 6.17. The van der Waals surface area contributed by atoms with Crippen molar-refractivity contribution in [2.24, 2.45) is 0 Å². The second-order valence-electron chi connectivity index (χ2n) is 4.87. The molecule has 0 unspecified atom stereocenters. The van der Waals surface area contributed by atoms with E-state index in [1.807, 2.05) is 62.6 Å². The molecule has 0 aliphatic heterocycles. The maximum absolute atomic E-state index is 12.1. The predicted molar refractivity (Wildman–Crippen MR) is 91.3 cm³/mol. The van der Waals surface area contributed by atoms with Crippen molar-refractivity contribution in [1.82, 2.24) is 0 Å². The Hall–Kier alpha value is -1.94. The van der Waals surface area contributed by atoms with Crippen molar-refractivity contribution >= 4 is 29.0 Å². The fourth-order valence-corrected chi connectivity index (χ4v) is 2.76. The molecule has 2 N–H and O–H groups in total. The molecule has 2 aromatic carbocycles. The van der Waals surface area contributed by atoms with E-state index in [0.717, 1.165) is 27.4 Å². The van der Waals surface area contributed by atoms with E-state index in [4.69, 9.17) is 0 Å². The smallest absolute Gasteiger partial charge is 0.243 e. The highest BCUT2D eigenvalue weighted by Crippen LogP contribution is 2.24. The molecule has 0 spiro atoms. The molecule has 1 amide bonds. The van der Waals surface area contributed by atoms with E-state index in [-0.39, 0.29) is 12.5 Å². The van der Waals surface area contributed by atoms with Crippen molar-refractivity contribution in [1.29, 1.82) is 0 Å². The number of aryl methyl sites for hydroxylation is 2.